The van der Waals surface area contributed by atoms with Crippen molar-refractivity contribution < 1.29 is 9.90 Å². The van der Waals surface area contributed by atoms with Crippen LogP contribution in [0, 0.1) is 17.8 Å². The van der Waals surface area contributed by atoms with E-state index in [0.717, 1.165) is 47.9 Å². The summed E-state index contributed by atoms with van der Waals surface area (Å²) in [5.74, 6) is 0.561. The molecule has 3 fully saturated rings. The first kappa shape index (κ1) is 19.8. The maximum atomic E-state index is 12.1. The molecule has 0 saturated heterocycles. The second-order valence-electron chi connectivity index (χ2n) is 8.90. The van der Waals surface area contributed by atoms with Crippen LogP contribution < -0.4 is 5.32 Å². The Morgan fingerprint density at radius 2 is 1.94 bits per heavy atom. The van der Waals surface area contributed by atoms with Crippen molar-refractivity contribution in [2.75, 3.05) is 5.32 Å². The topological polar surface area (TPSA) is 130 Å². The number of carboxylic acid groups (broad SMARTS) is 1. The summed E-state index contributed by atoms with van der Waals surface area (Å²) in [5.41, 5.74) is 3.08. The van der Waals surface area contributed by atoms with Gasteiger partial charge in [0.1, 0.15) is 17.8 Å². The summed E-state index contributed by atoms with van der Waals surface area (Å²) in [7, 11) is 0. The Morgan fingerprint density at radius 3 is 2.73 bits per heavy atom. The molecule has 4 heterocycles. The van der Waals surface area contributed by atoms with E-state index >= 15 is 0 Å². The second-order valence-corrected chi connectivity index (χ2v) is 8.90. The van der Waals surface area contributed by atoms with E-state index in [0.29, 0.717) is 23.2 Å². The van der Waals surface area contributed by atoms with Gasteiger partial charge in [-0.2, -0.15) is 0 Å². The summed E-state index contributed by atoms with van der Waals surface area (Å²) in [6, 6.07) is 5.55. The fraction of sp³-hybridized carbons (Fsp3) is 0.333. The molecule has 3 aliphatic carbocycles. The third kappa shape index (κ3) is 3.49. The first-order valence-electron chi connectivity index (χ1n) is 11.2. The highest BCUT2D eigenvalue weighted by atomic mass is 16.4. The first-order chi connectivity index (χ1) is 16.2. The largest absolute Gasteiger partial charge is 0.481 e. The van der Waals surface area contributed by atoms with Crippen molar-refractivity contribution >= 4 is 22.8 Å². The number of hydrogen-bond donors (Lipinski definition) is 3. The zero-order valence-corrected chi connectivity index (χ0v) is 17.8. The van der Waals surface area contributed by atoms with Gasteiger partial charge in [-0.05, 0) is 49.7 Å². The SMILES string of the molecule is O=C(O)C1C2CCC(CC2)C1Nc1cc(-c2cccnc2)nc(-c2c[nH]c3ncncc23)n1. The molecule has 3 saturated carbocycles. The number of aromatic amines is 1. The molecule has 0 spiro atoms. The number of aliphatic carboxylic acids is 1. The summed E-state index contributed by atoms with van der Waals surface area (Å²) in [6.07, 6.45) is 12.6. The number of H-pyrrole nitrogens is 1. The van der Waals surface area contributed by atoms with Crippen LogP contribution in [0.25, 0.3) is 33.7 Å². The van der Waals surface area contributed by atoms with Crippen molar-refractivity contribution in [1.29, 1.82) is 0 Å². The van der Waals surface area contributed by atoms with E-state index in [2.05, 4.69) is 25.3 Å². The molecule has 4 aromatic heterocycles. The highest BCUT2D eigenvalue weighted by Gasteiger charge is 2.47. The number of fused-ring (bicyclic) bond motifs is 4. The summed E-state index contributed by atoms with van der Waals surface area (Å²) in [6.45, 7) is 0. The third-order valence-electron chi connectivity index (χ3n) is 7.10. The Morgan fingerprint density at radius 1 is 1.09 bits per heavy atom. The molecule has 3 N–H and O–H groups in total. The van der Waals surface area contributed by atoms with Crippen LogP contribution in [0.5, 0.6) is 0 Å². The van der Waals surface area contributed by atoms with E-state index in [9.17, 15) is 9.90 Å². The lowest BCUT2D eigenvalue weighted by Gasteiger charge is -2.47. The minimum atomic E-state index is -0.725. The smallest absolute Gasteiger partial charge is 0.308 e. The van der Waals surface area contributed by atoms with Gasteiger partial charge < -0.3 is 15.4 Å². The van der Waals surface area contributed by atoms with Gasteiger partial charge in [-0.25, -0.2) is 19.9 Å². The van der Waals surface area contributed by atoms with Crippen molar-refractivity contribution in [2.24, 2.45) is 17.8 Å². The molecule has 0 radical (unpaired) electrons. The lowest BCUT2D eigenvalue weighted by Crippen LogP contribution is -2.51. The molecular weight excluding hydrogens is 418 g/mol. The van der Waals surface area contributed by atoms with Crippen LogP contribution in [0.4, 0.5) is 5.82 Å². The number of pyridine rings is 1. The van der Waals surface area contributed by atoms with E-state index in [-0.39, 0.29) is 12.0 Å². The molecule has 2 atom stereocenters. The van der Waals surface area contributed by atoms with Gasteiger partial charge in [-0.15, -0.1) is 0 Å². The predicted molar refractivity (Wildman–Crippen MR) is 122 cm³/mol. The number of aromatic nitrogens is 6. The molecule has 9 heteroatoms. The zero-order valence-electron chi connectivity index (χ0n) is 17.8. The van der Waals surface area contributed by atoms with Crippen LogP contribution in [-0.4, -0.2) is 47.0 Å². The maximum absolute atomic E-state index is 12.1. The molecule has 2 bridgehead atoms. The van der Waals surface area contributed by atoms with Crippen molar-refractivity contribution in [3.8, 4) is 22.6 Å². The minimum absolute atomic E-state index is 0.147. The van der Waals surface area contributed by atoms with Crippen molar-refractivity contribution in [3.63, 3.8) is 0 Å². The molecule has 9 nitrogen and oxygen atoms in total. The molecule has 2 unspecified atom stereocenters. The van der Waals surface area contributed by atoms with E-state index in [1.807, 2.05) is 24.4 Å². The first-order valence-corrected chi connectivity index (χ1v) is 11.2. The summed E-state index contributed by atoms with van der Waals surface area (Å²) in [4.78, 5) is 37.5. The molecule has 4 aromatic rings. The van der Waals surface area contributed by atoms with Gasteiger partial charge in [0.05, 0.1) is 11.6 Å². The van der Waals surface area contributed by atoms with E-state index in [1.165, 1.54) is 6.33 Å². The van der Waals surface area contributed by atoms with Gasteiger partial charge in [0.2, 0.25) is 0 Å². The number of anilines is 1. The standard InChI is InChI=1S/C24H23N7O2/c32-24(33)20-13-3-5-14(6-4-13)21(20)30-19-8-18(15-2-1-7-25-9-15)29-23(31-19)17-11-27-22-16(17)10-26-12-28-22/h1-2,7-14,20-21H,3-6H2,(H,32,33)(H,26,27,28)(H,29,30,31). The molecule has 7 rings (SSSR count). The minimum Gasteiger partial charge on any atom is -0.481 e. The Hall–Kier alpha value is -3.88. The van der Waals surface area contributed by atoms with E-state index in [1.54, 1.807) is 18.6 Å². The highest BCUT2D eigenvalue weighted by molar-refractivity contribution is 5.91. The van der Waals surface area contributed by atoms with Crippen LogP contribution in [0.15, 0.2) is 49.3 Å². The average Bonchev–Trinajstić information content (AvgIpc) is 3.29. The number of rotatable bonds is 5. The molecular formula is C24H23N7O2. The van der Waals surface area contributed by atoms with E-state index < -0.39 is 11.9 Å². The van der Waals surface area contributed by atoms with Gasteiger partial charge in [0, 0.05) is 53.4 Å². The Labute approximate surface area is 189 Å². The molecule has 166 valence electrons. The van der Waals surface area contributed by atoms with Crippen LogP contribution in [-0.2, 0) is 4.79 Å². The summed E-state index contributed by atoms with van der Waals surface area (Å²) >= 11 is 0. The maximum Gasteiger partial charge on any atom is 0.308 e. The monoisotopic (exact) mass is 441 g/mol. The molecule has 0 aliphatic heterocycles. The molecule has 0 amide bonds. The van der Waals surface area contributed by atoms with Crippen LogP contribution in [0.1, 0.15) is 25.7 Å². The van der Waals surface area contributed by atoms with Gasteiger partial charge in [-0.3, -0.25) is 9.78 Å². The number of nitrogens with one attached hydrogen (secondary N) is 2. The predicted octanol–water partition coefficient (Wildman–Crippen LogP) is 3.78. The van der Waals surface area contributed by atoms with Crippen molar-refractivity contribution in [1.82, 2.24) is 29.9 Å². The lowest BCUT2D eigenvalue weighted by atomic mass is 9.61. The summed E-state index contributed by atoms with van der Waals surface area (Å²) in [5, 5.41) is 14.3. The average molecular weight is 441 g/mol. The number of carbonyl (C=O) groups is 1. The highest BCUT2D eigenvalue weighted by Crippen LogP contribution is 2.46. The quantitative estimate of drug-likeness (QED) is 0.427. The van der Waals surface area contributed by atoms with Crippen molar-refractivity contribution in [3.05, 3.63) is 49.3 Å². The Balaban J connectivity index is 1.45. The van der Waals surface area contributed by atoms with Crippen molar-refractivity contribution in [2.45, 2.75) is 31.7 Å². The normalized spacial score (nSPS) is 24.1. The van der Waals surface area contributed by atoms with Gasteiger partial charge in [0.25, 0.3) is 0 Å². The fourth-order valence-corrected chi connectivity index (χ4v) is 5.53. The molecule has 0 aromatic carbocycles. The number of nitrogens with zero attached hydrogens (tertiary/aromatic N) is 5. The van der Waals surface area contributed by atoms with Gasteiger partial charge in [-0.1, -0.05) is 0 Å². The summed E-state index contributed by atoms with van der Waals surface area (Å²) < 4.78 is 0. The van der Waals surface area contributed by atoms with E-state index in [4.69, 9.17) is 9.97 Å². The Bertz CT molecular complexity index is 1310. The third-order valence-corrected chi connectivity index (χ3v) is 7.10. The fourth-order valence-electron chi connectivity index (χ4n) is 5.53. The number of hydrogen-bond acceptors (Lipinski definition) is 7. The van der Waals surface area contributed by atoms with Crippen LogP contribution in [0.2, 0.25) is 0 Å². The Kier molecular flexibility index (Phi) is 4.74. The zero-order chi connectivity index (χ0) is 22.4. The van der Waals surface area contributed by atoms with Crippen LogP contribution >= 0.6 is 0 Å². The molecule has 33 heavy (non-hydrogen) atoms. The second kappa shape index (κ2) is 7.91. The lowest BCUT2D eigenvalue weighted by molar-refractivity contribution is -0.148. The van der Waals surface area contributed by atoms with Crippen LogP contribution in [0.3, 0.4) is 0 Å². The molecule has 3 aliphatic rings. The van der Waals surface area contributed by atoms with Gasteiger partial charge >= 0.3 is 5.97 Å². The van der Waals surface area contributed by atoms with Gasteiger partial charge in [0.15, 0.2) is 5.82 Å². The number of carboxylic acids is 1.